The molecule has 0 saturated carbocycles. The number of nitrogens with two attached hydrogens (primary N) is 1. The van der Waals surface area contributed by atoms with Gasteiger partial charge >= 0.3 is 11.9 Å². The molecule has 1 aromatic carbocycles. The van der Waals surface area contributed by atoms with Crippen LogP contribution in [0.3, 0.4) is 0 Å². The molecule has 1 unspecified atom stereocenters. The maximum absolute atomic E-state index is 12.5. The second kappa shape index (κ2) is 11.2. The Morgan fingerprint density at radius 1 is 1.23 bits per heavy atom. The van der Waals surface area contributed by atoms with Crippen molar-refractivity contribution in [3.8, 4) is 11.3 Å². The van der Waals surface area contributed by atoms with Gasteiger partial charge < -0.3 is 25.4 Å². The van der Waals surface area contributed by atoms with Gasteiger partial charge in [0.2, 0.25) is 0 Å². The van der Waals surface area contributed by atoms with Gasteiger partial charge in [0.05, 0.1) is 30.6 Å². The number of piperidine rings is 1. The Morgan fingerprint density at radius 3 is 2.79 bits per heavy atom. The predicted molar refractivity (Wildman–Crippen MR) is 151 cm³/mol. The average Bonchev–Trinajstić information content (AvgIpc) is 3.51. The smallest absolute Gasteiger partial charge is 0.358 e. The summed E-state index contributed by atoms with van der Waals surface area (Å²) in [6.07, 6.45) is 3.46. The van der Waals surface area contributed by atoms with Crippen molar-refractivity contribution in [2.75, 3.05) is 42.8 Å². The lowest BCUT2D eigenvalue weighted by atomic mass is 10.1. The van der Waals surface area contributed by atoms with Crippen LogP contribution in [0.5, 0.6) is 0 Å². The second-order valence-electron chi connectivity index (χ2n) is 8.81. The molecule has 5 rings (SSSR count). The number of hydrogen-bond acceptors (Lipinski definition) is 11. The van der Waals surface area contributed by atoms with E-state index in [1.54, 1.807) is 41.9 Å². The third-order valence-corrected chi connectivity index (χ3v) is 7.73. The van der Waals surface area contributed by atoms with Crippen molar-refractivity contribution >= 4 is 68.8 Å². The van der Waals surface area contributed by atoms with Gasteiger partial charge in [0, 0.05) is 35.8 Å². The molecular formula is C25H25Cl2N7O4S. The Bertz CT molecular complexity index is 1560. The molecule has 1 fully saturated rings. The highest BCUT2D eigenvalue weighted by atomic mass is 35.5. The van der Waals surface area contributed by atoms with Crippen LogP contribution in [-0.4, -0.2) is 64.4 Å². The molecule has 3 aromatic heterocycles. The van der Waals surface area contributed by atoms with E-state index in [2.05, 4.69) is 20.3 Å². The highest BCUT2D eigenvalue weighted by molar-refractivity contribution is 7.17. The highest BCUT2D eigenvalue weighted by Gasteiger charge is 2.27. The topological polar surface area (TPSA) is 137 Å². The summed E-state index contributed by atoms with van der Waals surface area (Å²) in [5.74, 6) is -0.268. The zero-order chi connectivity index (χ0) is 27.7. The molecule has 4 heterocycles. The number of esters is 2. The van der Waals surface area contributed by atoms with Crippen molar-refractivity contribution in [1.82, 2.24) is 19.6 Å². The minimum Gasteiger partial charge on any atom is -0.465 e. The van der Waals surface area contributed by atoms with Crippen LogP contribution in [0, 0.1) is 0 Å². The van der Waals surface area contributed by atoms with E-state index in [4.69, 9.17) is 43.4 Å². The Balaban J connectivity index is 1.50. The first-order valence-corrected chi connectivity index (χ1v) is 13.7. The molecule has 1 saturated heterocycles. The van der Waals surface area contributed by atoms with E-state index in [0.29, 0.717) is 44.3 Å². The Hall–Kier alpha value is -3.61. The van der Waals surface area contributed by atoms with Crippen LogP contribution in [0.15, 0.2) is 30.5 Å². The number of methoxy groups -OCH3 is 1. The first-order valence-electron chi connectivity index (χ1n) is 12.2. The number of carbonyl (C=O) groups excluding carboxylic acids is 2. The van der Waals surface area contributed by atoms with Crippen LogP contribution in [0.25, 0.3) is 16.8 Å². The number of anilines is 3. The van der Waals surface area contributed by atoms with Gasteiger partial charge in [-0.05, 0) is 38.0 Å². The fraction of sp³-hybridized carbons (Fsp3) is 0.320. The zero-order valence-corrected chi connectivity index (χ0v) is 23.4. The molecule has 0 bridgehead atoms. The number of rotatable bonds is 7. The summed E-state index contributed by atoms with van der Waals surface area (Å²) in [5, 5.41) is 9.35. The van der Waals surface area contributed by atoms with E-state index >= 15 is 0 Å². The highest BCUT2D eigenvalue weighted by Crippen LogP contribution is 2.34. The minimum absolute atomic E-state index is 0.00753. The second-order valence-corrected chi connectivity index (χ2v) is 10.7. The molecule has 204 valence electrons. The molecule has 0 aliphatic carbocycles. The number of halogens is 2. The molecule has 4 aromatic rings. The maximum atomic E-state index is 12.5. The van der Waals surface area contributed by atoms with E-state index < -0.39 is 11.9 Å². The first kappa shape index (κ1) is 27.0. The number of aromatic nitrogens is 4. The summed E-state index contributed by atoms with van der Waals surface area (Å²) in [6, 6.07) is 6.86. The van der Waals surface area contributed by atoms with Crippen molar-refractivity contribution in [3.63, 3.8) is 0 Å². The molecule has 0 amide bonds. The molecule has 11 nitrogen and oxygen atoms in total. The third kappa shape index (κ3) is 5.58. The van der Waals surface area contributed by atoms with Crippen LogP contribution >= 0.6 is 34.5 Å². The van der Waals surface area contributed by atoms with Crippen LogP contribution in [0.2, 0.25) is 10.0 Å². The fourth-order valence-corrected chi connectivity index (χ4v) is 5.82. The summed E-state index contributed by atoms with van der Waals surface area (Å²) in [6.45, 7) is 3.29. The number of hydrogen-bond donors (Lipinski definition) is 2. The summed E-state index contributed by atoms with van der Waals surface area (Å²) in [5.41, 5.74) is 8.00. The Kier molecular flexibility index (Phi) is 7.78. The van der Waals surface area contributed by atoms with E-state index in [1.807, 2.05) is 0 Å². The van der Waals surface area contributed by atoms with Crippen molar-refractivity contribution in [3.05, 3.63) is 51.1 Å². The van der Waals surface area contributed by atoms with Gasteiger partial charge in [-0.2, -0.15) is 5.10 Å². The predicted octanol–water partition coefficient (Wildman–Crippen LogP) is 4.79. The molecular weight excluding hydrogens is 565 g/mol. The molecule has 0 radical (unpaired) electrons. The van der Waals surface area contributed by atoms with Gasteiger partial charge in [0.15, 0.2) is 27.3 Å². The van der Waals surface area contributed by atoms with E-state index in [1.165, 1.54) is 7.11 Å². The maximum Gasteiger partial charge on any atom is 0.358 e. The van der Waals surface area contributed by atoms with Gasteiger partial charge in [-0.25, -0.2) is 24.1 Å². The van der Waals surface area contributed by atoms with Crippen LogP contribution in [-0.2, 0) is 9.47 Å². The van der Waals surface area contributed by atoms with E-state index in [-0.39, 0.29) is 29.0 Å². The minimum atomic E-state index is -0.522. The largest absolute Gasteiger partial charge is 0.465 e. The van der Waals surface area contributed by atoms with Crippen molar-refractivity contribution < 1.29 is 19.1 Å². The lowest BCUT2D eigenvalue weighted by Gasteiger charge is -2.34. The lowest BCUT2D eigenvalue weighted by Crippen LogP contribution is -2.42. The normalized spacial score (nSPS) is 15.4. The van der Waals surface area contributed by atoms with Crippen molar-refractivity contribution in [1.29, 1.82) is 0 Å². The number of carbonyl (C=O) groups is 2. The number of thiazole rings is 1. The summed E-state index contributed by atoms with van der Waals surface area (Å²) in [7, 11) is 1.30. The van der Waals surface area contributed by atoms with Crippen LogP contribution < -0.4 is 16.0 Å². The SMILES string of the molecule is CCOC(=O)c1cc2c(N3CCCC(Nc4nc(N)c(C(=O)OC)s4)C3)nc(-c3ccc(Cl)cc3Cl)cn2n1. The molecule has 1 aliphatic heterocycles. The summed E-state index contributed by atoms with van der Waals surface area (Å²) < 4.78 is 11.6. The zero-order valence-electron chi connectivity index (χ0n) is 21.1. The number of benzene rings is 1. The Labute approximate surface area is 237 Å². The molecule has 3 N–H and O–H groups in total. The molecule has 0 spiro atoms. The lowest BCUT2D eigenvalue weighted by molar-refractivity contribution is 0.0518. The molecule has 39 heavy (non-hydrogen) atoms. The van der Waals surface area contributed by atoms with Gasteiger partial charge in [-0.15, -0.1) is 0 Å². The van der Waals surface area contributed by atoms with Gasteiger partial charge in [0.25, 0.3) is 0 Å². The number of nitrogens with one attached hydrogen (secondary N) is 1. The average molecular weight is 590 g/mol. The molecule has 1 atom stereocenters. The quantitative estimate of drug-likeness (QED) is 0.289. The van der Waals surface area contributed by atoms with Gasteiger partial charge in [0.1, 0.15) is 5.52 Å². The van der Waals surface area contributed by atoms with Crippen molar-refractivity contribution in [2.24, 2.45) is 0 Å². The Morgan fingerprint density at radius 2 is 2.05 bits per heavy atom. The standard InChI is InChI=1S/C25H25Cl2N7O4S/c1-3-38-23(35)17-10-19-22(30-18(12-34(19)32-17)15-7-6-13(26)9-16(15)27)33-8-4-5-14(11-33)29-25-31-21(28)20(39-25)24(36)37-2/h6-7,9-10,12,14H,3-5,8,11,28H2,1-2H3,(H,29,31). The van der Waals surface area contributed by atoms with Gasteiger partial charge in [-0.1, -0.05) is 34.5 Å². The number of fused-ring (bicyclic) bond motifs is 1. The summed E-state index contributed by atoms with van der Waals surface area (Å²) in [4.78, 5) is 36.1. The van der Waals surface area contributed by atoms with E-state index in [0.717, 1.165) is 30.7 Å². The monoisotopic (exact) mass is 589 g/mol. The van der Waals surface area contributed by atoms with Crippen molar-refractivity contribution in [2.45, 2.75) is 25.8 Å². The summed E-state index contributed by atoms with van der Waals surface area (Å²) >= 11 is 13.8. The molecule has 1 aliphatic rings. The number of nitrogen functional groups attached to an aromatic ring is 1. The first-order chi connectivity index (χ1) is 18.8. The van der Waals surface area contributed by atoms with Crippen LogP contribution in [0.4, 0.5) is 16.8 Å². The fourth-order valence-electron chi connectivity index (χ4n) is 4.43. The number of ether oxygens (including phenoxy) is 2. The number of nitrogens with zero attached hydrogens (tertiary/aromatic N) is 5. The molecule has 14 heteroatoms. The third-order valence-electron chi connectivity index (χ3n) is 6.20. The van der Waals surface area contributed by atoms with Gasteiger partial charge in [-0.3, -0.25) is 0 Å². The van der Waals surface area contributed by atoms with E-state index in [9.17, 15) is 9.59 Å². The van der Waals surface area contributed by atoms with Crippen LogP contribution in [0.1, 0.15) is 39.9 Å².